The van der Waals surface area contributed by atoms with Gasteiger partial charge in [-0.15, -0.1) is 0 Å². The van der Waals surface area contributed by atoms with E-state index in [4.69, 9.17) is 4.74 Å². The van der Waals surface area contributed by atoms with E-state index in [1.807, 2.05) is 0 Å². The van der Waals surface area contributed by atoms with Crippen LogP contribution in [-0.2, 0) is 20.5 Å². The second-order valence-electron chi connectivity index (χ2n) is 11.1. The standard InChI is InChI=1S/C30H33F4N5O6/c1-5-45-27(43)35-19-7-9-20(10-8-19)39-28(44)37(4)26(42)29(39)12-14-38(15-13-29)25(41)23(17(2)3)36-24(40)21-16-18(30(32,33)34)6-11-22(21)31/h6-11,16-17,23H,5,12-15H2,1-4H3,(H,35,43)(H,36,40)/t23-/m1/s1. The lowest BCUT2D eigenvalue weighted by molar-refractivity contribution is -0.139. The summed E-state index contributed by atoms with van der Waals surface area (Å²) in [6, 6.07) is 5.93. The highest BCUT2D eigenvalue weighted by atomic mass is 19.4. The number of likely N-dealkylation sites (N-methyl/N-ethyl adjacent to an activating group) is 1. The largest absolute Gasteiger partial charge is 0.450 e. The number of ether oxygens (including phenoxy) is 1. The zero-order chi connectivity index (χ0) is 33.3. The van der Waals surface area contributed by atoms with E-state index < -0.39 is 70.5 Å². The third-order valence-electron chi connectivity index (χ3n) is 7.92. The Hall–Kier alpha value is -4.69. The van der Waals surface area contributed by atoms with E-state index >= 15 is 0 Å². The van der Waals surface area contributed by atoms with E-state index in [0.717, 1.165) is 4.90 Å². The summed E-state index contributed by atoms with van der Waals surface area (Å²) in [5.41, 5.74) is -2.57. The predicted octanol–water partition coefficient (Wildman–Crippen LogP) is 4.63. The van der Waals surface area contributed by atoms with Crippen molar-refractivity contribution in [2.24, 2.45) is 5.92 Å². The number of rotatable bonds is 7. The highest BCUT2D eigenvalue weighted by Crippen LogP contribution is 2.40. The minimum absolute atomic E-state index is 0.0156. The molecule has 1 atom stereocenters. The number of nitrogens with one attached hydrogen (secondary N) is 2. The van der Waals surface area contributed by atoms with Crippen molar-refractivity contribution >= 4 is 41.2 Å². The maximum absolute atomic E-state index is 14.4. The van der Waals surface area contributed by atoms with Crippen molar-refractivity contribution < 1.29 is 46.3 Å². The fraction of sp³-hybridized carbons (Fsp3) is 0.433. The summed E-state index contributed by atoms with van der Waals surface area (Å²) in [4.78, 5) is 68.6. The molecular formula is C30H33F4N5O6. The number of anilines is 2. The molecule has 2 aromatic carbocycles. The zero-order valence-corrected chi connectivity index (χ0v) is 25.0. The van der Waals surface area contributed by atoms with E-state index in [0.29, 0.717) is 29.6 Å². The molecule has 45 heavy (non-hydrogen) atoms. The molecule has 15 heteroatoms. The molecule has 0 aliphatic carbocycles. The van der Waals surface area contributed by atoms with Crippen LogP contribution in [0.15, 0.2) is 42.5 Å². The molecule has 4 rings (SSSR count). The molecule has 0 saturated carbocycles. The fourth-order valence-electron chi connectivity index (χ4n) is 5.50. The van der Waals surface area contributed by atoms with Gasteiger partial charge in [0.25, 0.3) is 11.8 Å². The molecule has 2 aliphatic heterocycles. The van der Waals surface area contributed by atoms with Gasteiger partial charge >= 0.3 is 18.3 Å². The van der Waals surface area contributed by atoms with Gasteiger partial charge in [-0.25, -0.2) is 14.0 Å². The molecule has 0 unspecified atom stereocenters. The van der Waals surface area contributed by atoms with Crippen molar-refractivity contribution in [2.45, 2.75) is 51.4 Å². The molecule has 242 valence electrons. The van der Waals surface area contributed by atoms with Gasteiger partial charge in [0.1, 0.15) is 17.4 Å². The van der Waals surface area contributed by atoms with Gasteiger partial charge in [0.05, 0.1) is 17.7 Å². The minimum Gasteiger partial charge on any atom is -0.450 e. The molecule has 2 fully saturated rings. The van der Waals surface area contributed by atoms with Crippen molar-refractivity contribution in [3.63, 3.8) is 0 Å². The molecule has 2 aromatic rings. The van der Waals surface area contributed by atoms with Gasteiger partial charge in [-0.05, 0) is 68.1 Å². The van der Waals surface area contributed by atoms with Gasteiger partial charge in [-0.3, -0.25) is 29.5 Å². The number of carbonyl (C=O) groups is 5. The minimum atomic E-state index is -4.80. The van der Waals surface area contributed by atoms with Crippen molar-refractivity contribution in [1.82, 2.24) is 15.1 Å². The monoisotopic (exact) mass is 635 g/mol. The highest BCUT2D eigenvalue weighted by molar-refractivity contribution is 6.16. The summed E-state index contributed by atoms with van der Waals surface area (Å²) in [5, 5.41) is 4.93. The number of alkyl halides is 3. The second-order valence-corrected chi connectivity index (χ2v) is 11.1. The Labute approximate surface area is 256 Å². The molecule has 2 aliphatic rings. The summed E-state index contributed by atoms with van der Waals surface area (Å²) in [7, 11) is 1.36. The summed E-state index contributed by atoms with van der Waals surface area (Å²) >= 11 is 0. The first-order chi connectivity index (χ1) is 21.1. The Balaban J connectivity index is 1.51. The first-order valence-corrected chi connectivity index (χ1v) is 14.2. The molecule has 0 aromatic heterocycles. The van der Waals surface area contributed by atoms with Crippen molar-refractivity contribution in [2.75, 3.05) is 37.0 Å². The van der Waals surface area contributed by atoms with Crippen LogP contribution in [0.5, 0.6) is 0 Å². The van der Waals surface area contributed by atoms with Crippen molar-refractivity contribution in [3.05, 3.63) is 59.4 Å². The first kappa shape index (κ1) is 33.2. The number of halogens is 4. The van der Waals surface area contributed by atoms with Gasteiger partial charge in [0.2, 0.25) is 5.91 Å². The first-order valence-electron chi connectivity index (χ1n) is 14.2. The SMILES string of the molecule is CCOC(=O)Nc1ccc(N2C(=O)N(C)C(=O)C23CCN(C(=O)[C@H](NC(=O)c2cc(C(F)(F)F)ccc2F)C(C)C)CC3)cc1. The number of likely N-dealkylation sites (tertiary alicyclic amines) is 1. The van der Waals surface area contributed by atoms with Crippen LogP contribution < -0.4 is 15.5 Å². The molecular weight excluding hydrogens is 602 g/mol. The third kappa shape index (κ3) is 6.56. The summed E-state index contributed by atoms with van der Waals surface area (Å²) in [6.45, 7) is 5.11. The van der Waals surface area contributed by atoms with E-state index in [1.165, 1.54) is 16.8 Å². The number of piperidine rings is 1. The van der Waals surface area contributed by atoms with Crippen LogP contribution in [-0.4, -0.2) is 78.0 Å². The second kappa shape index (κ2) is 12.7. The number of urea groups is 1. The summed E-state index contributed by atoms with van der Waals surface area (Å²) < 4.78 is 58.7. The lowest BCUT2D eigenvalue weighted by Gasteiger charge is -2.43. The molecule has 0 bridgehead atoms. The molecule has 2 heterocycles. The number of amides is 6. The van der Waals surface area contributed by atoms with E-state index in [9.17, 15) is 41.5 Å². The maximum atomic E-state index is 14.4. The third-order valence-corrected chi connectivity index (χ3v) is 7.92. The molecule has 1 spiro atoms. The molecule has 6 amide bonds. The van der Waals surface area contributed by atoms with Gasteiger partial charge < -0.3 is 15.0 Å². The molecule has 11 nitrogen and oxygen atoms in total. The van der Waals surface area contributed by atoms with E-state index in [1.54, 1.807) is 45.0 Å². The van der Waals surface area contributed by atoms with Crippen molar-refractivity contribution in [3.8, 4) is 0 Å². The lowest BCUT2D eigenvalue weighted by atomic mass is 9.85. The number of hydrogen-bond donors (Lipinski definition) is 2. The molecule has 2 N–H and O–H groups in total. The molecule has 2 saturated heterocycles. The van der Waals surface area contributed by atoms with E-state index in [2.05, 4.69) is 10.6 Å². The number of hydrogen-bond acceptors (Lipinski definition) is 6. The van der Waals surface area contributed by atoms with Crippen LogP contribution in [0.25, 0.3) is 0 Å². The summed E-state index contributed by atoms with van der Waals surface area (Å²) in [6.07, 6.45) is -5.35. The average Bonchev–Trinajstić information content (AvgIpc) is 3.16. The molecule has 0 radical (unpaired) electrons. The summed E-state index contributed by atoms with van der Waals surface area (Å²) in [5.74, 6) is -3.89. The van der Waals surface area contributed by atoms with Crippen LogP contribution in [0, 0.1) is 11.7 Å². The number of imide groups is 1. The Morgan fingerprint density at radius 3 is 2.20 bits per heavy atom. The Morgan fingerprint density at radius 2 is 1.64 bits per heavy atom. The normalized spacial score (nSPS) is 17.1. The maximum Gasteiger partial charge on any atom is 0.416 e. The quantitative estimate of drug-likeness (QED) is 0.338. The predicted molar refractivity (Wildman–Crippen MR) is 154 cm³/mol. The van der Waals surface area contributed by atoms with Crippen LogP contribution in [0.1, 0.15) is 49.5 Å². The number of carbonyl (C=O) groups excluding carboxylic acids is 5. The Kier molecular flexibility index (Phi) is 9.40. The Morgan fingerprint density at radius 1 is 1.02 bits per heavy atom. The van der Waals surface area contributed by atoms with Gasteiger partial charge in [-0.2, -0.15) is 13.2 Å². The van der Waals surface area contributed by atoms with E-state index in [-0.39, 0.29) is 32.5 Å². The van der Waals surface area contributed by atoms with Gasteiger partial charge in [0.15, 0.2) is 0 Å². The average molecular weight is 636 g/mol. The van der Waals surface area contributed by atoms with Crippen LogP contribution in [0.2, 0.25) is 0 Å². The van der Waals surface area contributed by atoms with Gasteiger partial charge in [-0.1, -0.05) is 13.8 Å². The number of nitrogens with zero attached hydrogens (tertiary/aromatic N) is 3. The fourth-order valence-corrected chi connectivity index (χ4v) is 5.50. The zero-order valence-electron chi connectivity index (χ0n) is 25.0. The van der Waals surface area contributed by atoms with Crippen LogP contribution in [0.3, 0.4) is 0 Å². The van der Waals surface area contributed by atoms with Gasteiger partial charge in [0, 0.05) is 31.5 Å². The van der Waals surface area contributed by atoms with Crippen LogP contribution >= 0.6 is 0 Å². The smallest absolute Gasteiger partial charge is 0.416 e. The topological polar surface area (TPSA) is 128 Å². The Bertz CT molecular complexity index is 1490. The van der Waals surface area contributed by atoms with Crippen molar-refractivity contribution in [1.29, 1.82) is 0 Å². The van der Waals surface area contributed by atoms with Crippen LogP contribution in [0.4, 0.5) is 38.5 Å². The highest BCUT2D eigenvalue weighted by Gasteiger charge is 2.58. The lowest BCUT2D eigenvalue weighted by Crippen LogP contribution is -2.60. The number of benzene rings is 2.